The highest BCUT2D eigenvalue weighted by molar-refractivity contribution is 14.2. The van der Waals surface area contributed by atoms with Gasteiger partial charge in [-0.15, -0.1) is 0 Å². The Labute approximate surface area is 187 Å². The third kappa shape index (κ3) is 4.00. The standard InChI is InChI=1S/C19H26BIN2O5S/c1-7-8-9-26-17(25)14-10-12-13(20-27-18(2,3)19(4,5)28-20)11-22(6)16(24)15(12)23(14)29-21/h10-11H,7-9H2,1-6H3. The number of unbranched alkanes of at least 4 members (excludes halogenated alkanes) is 1. The third-order valence-corrected chi connectivity index (χ3v) is 7.34. The minimum atomic E-state index is -0.645. The fourth-order valence-electron chi connectivity index (χ4n) is 3.17. The van der Waals surface area contributed by atoms with Gasteiger partial charge in [0.1, 0.15) is 11.2 Å². The molecule has 0 N–H and O–H groups in total. The van der Waals surface area contributed by atoms with Crippen molar-refractivity contribution >= 4 is 59.8 Å². The van der Waals surface area contributed by atoms with E-state index in [-0.39, 0.29) is 5.56 Å². The SMILES string of the molecule is CCCCOC(=O)c1cc2c(B3OC(C)(C)C(C)(C)O3)cn(C)c(=O)c2n1SI. The monoisotopic (exact) mass is 532 g/mol. The van der Waals surface area contributed by atoms with Gasteiger partial charge in [0.15, 0.2) is 0 Å². The zero-order chi connectivity index (χ0) is 21.6. The van der Waals surface area contributed by atoms with Crippen LogP contribution in [0.1, 0.15) is 57.9 Å². The van der Waals surface area contributed by atoms with Gasteiger partial charge in [-0.2, -0.15) is 0 Å². The fraction of sp³-hybridized carbons (Fsp3) is 0.579. The van der Waals surface area contributed by atoms with Gasteiger partial charge in [-0.1, -0.05) is 13.3 Å². The Kier molecular flexibility index (Phi) is 6.48. The summed E-state index contributed by atoms with van der Waals surface area (Å²) in [6.45, 7) is 10.3. The van der Waals surface area contributed by atoms with Gasteiger partial charge in [-0.05, 0) is 40.2 Å². The summed E-state index contributed by atoms with van der Waals surface area (Å²) in [5, 5.41) is 0.637. The van der Waals surface area contributed by atoms with E-state index in [1.54, 1.807) is 23.3 Å². The minimum absolute atomic E-state index is 0.197. The van der Waals surface area contributed by atoms with Gasteiger partial charge in [0.05, 0.1) is 17.8 Å². The summed E-state index contributed by atoms with van der Waals surface area (Å²) in [5.41, 5.74) is 0.241. The van der Waals surface area contributed by atoms with E-state index in [0.717, 1.165) is 12.8 Å². The van der Waals surface area contributed by atoms with Crippen LogP contribution in [-0.2, 0) is 21.1 Å². The Morgan fingerprint density at radius 2 is 1.90 bits per heavy atom. The summed E-state index contributed by atoms with van der Waals surface area (Å²) in [7, 11) is 2.30. The molecule has 29 heavy (non-hydrogen) atoms. The highest BCUT2D eigenvalue weighted by Crippen LogP contribution is 2.37. The summed E-state index contributed by atoms with van der Waals surface area (Å²) in [6.07, 6.45) is 3.45. The highest BCUT2D eigenvalue weighted by atomic mass is 127. The van der Waals surface area contributed by atoms with Crippen molar-refractivity contribution in [2.45, 2.75) is 58.7 Å². The fourth-order valence-corrected chi connectivity index (χ4v) is 4.85. The van der Waals surface area contributed by atoms with Crippen LogP contribution in [0, 0.1) is 0 Å². The van der Waals surface area contributed by atoms with Crippen LogP contribution in [-0.4, -0.2) is 39.4 Å². The van der Waals surface area contributed by atoms with Gasteiger partial charge in [-0.3, -0.25) is 8.77 Å². The predicted molar refractivity (Wildman–Crippen MR) is 125 cm³/mol. The maximum Gasteiger partial charge on any atom is 0.497 e. The Bertz CT molecular complexity index is 985. The Morgan fingerprint density at radius 1 is 1.28 bits per heavy atom. The maximum absolute atomic E-state index is 12.9. The van der Waals surface area contributed by atoms with Crippen LogP contribution in [0.3, 0.4) is 0 Å². The number of esters is 1. The zero-order valence-corrected chi connectivity index (χ0v) is 20.5. The summed E-state index contributed by atoms with van der Waals surface area (Å²) in [5.74, 6) is -0.444. The molecule has 1 fully saturated rings. The molecule has 7 nitrogen and oxygen atoms in total. The Hall–Kier alpha value is -0.975. The molecule has 2 aromatic heterocycles. The topological polar surface area (TPSA) is 71.7 Å². The third-order valence-electron chi connectivity index (χ3n) is 5.64. The molecule has 3 rings (SSSR count). The molecule has 0 unspecified atom stereocenters. The van der Waals surface area contributed by atoms with E-state index in [9.17, 15) is 9.59 Å². The second-order valence-corrected chi connectivity index (χ2v) is 9.92. The Balaban J connectivity index is 2.15. The number of aryl methyl sites for hydroxylation is 1. The largest absolute Gasteiger partial charge is 0.497 e. The first-order valence-electron chi connectivity index (χ1n) is 9.61. The molecule has 1 saturated heterocycles. The minimum Gasteiger partial charge on any atom is -0.461 e. The van der Waals surface area contributed by atoms with Gasteiger partial charge in [0, 0.05) is 54.4 Å². The molecule has 2 aromatic rings. The lowest BCUT2D eigenvalue weighted by molar-refractivity contribution is 0.00578. The normalized spacial score (nSPS) is 17.8. The van der Waals surface area contributed by atoms with Crippen molar-refractivity contribution in [3.63, 3.8) is 0 Å². The highest BCUT2D eigenvalue weighted by Gasteiger charge is 2.52. The number of nitrogens with zero attached hydrogens (tertiary/aromatic N) is 2. The molecule has 0 bridgehead atoms. The number of hydrogen-bond donors (Lipinski definition) is 0. The lowest BCUT2D eigenvalue weighted by atomic mass is 9.78. The quantitative estimate of drug-likeness (QED) is 0.246. The lowest BCUT2D eigenvalue weighted by Gasteiger charge is -2.32. The molecule has 3 heterocycles. The van der Waals surface area contributed by atoms with Gasteiger partial charge in [0.2, 0.25) is 0 Å². The summed E-state index contributed by atoms with van der Waals surface area (Å²) in [4.78, 5) is 25.6. The molecule has 0 spiro atoms. The van der Waals surface area contributed by atoms with Gasteiger partial charge >= 0.3 is 13.1 Å². The van der Waals surface area contributed by atoms with E-state index >= 15 is 0 Å². The lowest BCUT2D eigenvalue weighted by Crippen LogP contribution is -2.41. The number of carbonyl (C=O) groups excluding carboxylic acids is 1. The smallest absolute Gasteiger partial charge is 0.461 e. The average molecular weight is 532 g/mol. The van der Waals surface area contributed by atoms with Crippen molar-refractivity contribution in [1.82, 2.24) is 8.54 Å². The van der Waals surface area contributed by atoms with E-state index < -0.39 is 24.3 Å². The number of aromatic nitrogens is 2. The van der Waals surface area contributed by atoms with Crippen LogP contribution in [0.25, 0.3) is 10.9 Å². The number of rotatable bonds is 6. The second-order valence-electron chi connectivity index (χ2n) is 8.23. The van der Waals surface area contributed by atoms with Crippen molar-refractivity contribution < 1.29 is 18.8 Å². The molecule has 0 aliphatic carbocycles. The van der Waals surface area contributed by atoms with Gasteiger partial charge in [0.25, 0.3) is 5.56 Å². The van der Waals surface area contributed by atoms with Crippen LogP contribution in [0.5, 0.6) is 0 Å². The van der Waals surface area contributed by atoms with Crippen molar-refractivity contribution in [3.8, 4) is 0 Å². The molecule has 0 saturated carbocycles. The van der Waals surface area contributed by atoms with Crippen LogP contribution in [0.4, 0.5) is 0 Å². The molecule has 0 atom stereocenters. The van der Waals surface area contributed by atoms with Crippen LogP contribution >= 0.6 is 30.3 Å². The first-order chi connectivity index (χ1) is 13.5. The number of hydrogen-bond acceptors (Lipinski definition) is 6. The first kappa shape index (κ1) is 22.7. The number of halogens is 1. The number of ether oxygens (including phenoxy) is 1. The van der Waals surface area contributed by atoms with Crippen LogP contribution in [0.15, 0.2) is 17.1 Å². The van der Waals surface area contributed by atoms with E-state index in [0.29, 0.717) is 28.7 Å². The summed E-state index contributed by atoms with van der Waals surface area (Å²) < 4.78 is 20.9. The predicted octanol–water partition coefficient (Wildman–Crippen LogP) is 3.44. The van der Waals surface area contributed by atoms with E-state index in [4.69, 9.17) is 14.0 Å². The van der Waals surface area contributed by atoms with Gasteiger partial charge < -0.3 is 18.6 Å². The number of carbonyl (C=O) groups is 1. The first-order valence-corrected chi connectivity index (χ1v) is 12.9. The van der Waals surface area contributed by atoms with Crippen molar-refractivity contribution in [3.05, 3.63) is 28.3 Å². The van der Waals surface area contributed by atoms with Gasteiger partial charge in [-0.25, -0.2) is 4.79 Å². The molecule has 158 valence electrons. The molecule has 0 amide bonds. The molecule has 10 heteroatoms. The van der Waals surface area contributed by atoms with Crippen LogP contribution < -0.4 is 11.0 Å². The van der Waals surface area contributed by atoms with Crippen molar-refractivity contribution in [2.24, 2.45) is 7.05 Å². The number of fused-ring (bicyclic) bond motifs is 1. The van der Waals surface area contributed by atoms with E-state index in [1.807, 2.05) is 34.6 Å². The maximum atomic E-state index is 12.9. The molecular formula is C19H26BIN2O5S. The van der Waals surface area contributed by atoms with E-state index in [1.165, 1.54) is 13.7 Å². The second kappa shape index (κ2) is 8.28. The zero-order valence-electron chi connectivity index (χ0n) is 17.6. The molecule has 1 aliphatic rings. The number of pyridine rings is 1. The summed E-state index contributed by atoms with van der Waals surface area (Å²) in [6, 6.07) is 1.71. The van der Waals surface area contributed by atoms with Crippen molar-refractivity contribution in [2.75, 3.05) is 6.61 Å². The molecule has 0 aromatic carbocycles. The average Bonchev–Trinajstić information content (AvgIpc) is 3.13. The molecule has 1 aliphatic heterocycles. The van der Waals surface area contributed by atoms with Crippen LogP contribution in [0.2, 0.25) is 0 Å². The molecular weight excluding hydrogens is 506 g/mol. The molecule has 0 radical (unpaired) electrons. The summed E-state index contributed by atoms with van der Waals surface area (Å²) >= 11 is 2.06. The van der Waals surface area contributed by atoms with Crippen molar-refractivity contribution in [1.29, 1.82) is 0 Å². The van der Waals surface area contributed by atoms with E-state index in [2.05, 4.69) is 21.2 Å². The Morgan fingerprint density at radius 3 is 2.45 bits per heavy atom.